The van der Waals surface area contributed by atoms with Gasteiger partial charge in [0, 0.05) is 41.2 Å². The predicted octanol–water partition coefficient (Wildman–Crippen LogP) is 5.03. The molecule has 2 aromatic carbocycles. The number of fused-ring (bicyclic) bond motifs is 1. The van der Waals surface area contributed by atoms with Crippen LogP contribution in [0.4, 0.5) is 4.39 Å². The normalized spacial score (nSPS) is 11.9. The third kappa shape index (κ3) is 5.14. The van der Waals surface area contributed by atoms with Crippen molar-refractivity contribution in [3.05, 3.63) is 59.6 Å². The highest BCUT2D eigenvalue weighted by molar-refractivity contribution is 6.01. The minimum Gasteiger partial charge on any atom is -0.493 e. The number of ether oxygens (including phenoxy) is 1. The number of carbonyl (C=O) groups is 1. The van der Waals surface area contributed by atoms with Gasteiger partial charge in [0.25, 0.3) is 0 Å². The smallest absolute Gasteiger partial charge is 0.244 e. The molecule has 0 aliphatic carbocycles. The Hall–Kier alpha value is -3.12. The van der Waals surface area contributed by atoms with Gasteiger partial charge in [-0.3, -0.25) is 4.79 Å². The molecule has 0 spiro atoms. The van der Waals surface area contributed by atoms with Crippen molar-refractivity contribution in [1.29, 1.82) is 0 Å². The van der Waals surface area contributed by atoms with Crippen LogP contribution in [0.25, 0.3) is 27.7 Å². The number of nitrogens with one attached hydrogen (secondary N) is 1. The standard InChI is InChI=1S/C25H29FN2O3/c1-6-30-24-17(3)25-21(22(15-31-25)18-7-9-19(26)10-8-18)14-20(24)16(2)13-23(29)27-11-12-28(4)5/h7-10,13-15H,6,11-12H2,1-5H3,(H,27,29)/b16-13+. The fourth-order valence-electron chi connectivity index (χ4n) is 3.52. The maximum absolute atomic E-state index is 13.4. The summed E-state index contributed by atoms with van der Waals surface area (Å²) < 4.78 is 25.2. The second-order valence-electron chi connectivity index (χ2n) is 7.77. The molecule has 1 heterocycles. The van der Waals surface area contributed by atoms with Crippen LogP contribution in [0, 0.1) is 12.7 Å². The second kappa shape index (κ2) is 9.79. The fraction of sp³-hybridized carbons (Fsp3) is 0.320. The van der Waals surface area contributed by atoms with Crippen LogP contribution >= 0.6 is 0 Å². The van der Waals surface area contributed by atoms with Gasteiger partial charge in [-0.1, -0.05) is 12.1 Å². The number of furan rings is 1. The summed E-state index contributed by atoms with van der Waals surface area (Å²) >= 11 is 0. The largest absolute Gasteiger partial charge is 0.493 e. The van der Waals surface area contributed by atoms with E-state index in [0.29, 0.717) is 18.9 Å². The number of benzene rings is 2. The molecule has 31 heavy (non-hydrogen) atoms. The molecule has 1 aromatic heterocycles. The van der Waals surface area contributed by atoms with E-state index in [4.69, 9.17) is 9.15 Å². The quantitative estimate of drug-likeness (QED) is 0.516. The number of halogens is 1. The maximum atomic E-state index is 13.4. The molecule has 0 saturated carbocycles. The van der Waals surface area contributed by atoms with Crippen molar-refractivity contribution >= 4 is 22.4 Å². The molecule has 0 aliphatic rings. The molecule has 0 radical (unpaired) electrons. The number of rotatable bonds is 8. The van der Waals surface area contributed by atoms with Crippen molar-refractivity contribution < 1.29 is 18.3 Å². The molecule has 0 bridgehead atoms. The van der Waals surface area contributed by atoms with Crippen LogP contribution in [-0.2, 0) is 4.79 Å². The lowest BCUT2D eigenvalue weighted by Gasteiger charge is -2.15. The van der Waals surface area contributed by atoms with E-state index in [-0.39, 0.29) is 11.7 Å². The van der Waals surface area contributed by atoms with Crippen LogP contribution in [0.2, 0.25) is 0 Å². The molecule has 0 fully saturated rings. The van der Waals surface area contributed by atoms with E-state index in [9.17, 15) is 9.18 Å². The molecule has 0 aliphatic heterocycles. The summed E-state index contributed by atoms with van der Waals surface area (Å²) in [6.07, 6.45) is 3.27. The Morgan fingerprint density at radius 3 is 2.61 bits per heavy atom. The van der Waals surface area contributed by atoms with Crippen LogP contribution < -0.4 is 10.1 Å². The summed E-state index contributed by atoms with van der Waals surface area (Å²) in [6.45, 7) is 7.59. The van der Waals surface area contributed by atoms with E-state index in [0.717, 1.165) is 45.3 Å². The number of likely N-dealkylation sites (N-methyl/N-ethyl adjacent to an activating group) is 1. The van der Waals surface area contributed by atoms with Gasteiger partial charge in [-0.2, -0.15) is 0 Å². The lowest BCUT2D eigenvalue weighted by molar-refractivity contribution is -0.116. The molecule has 164 valence electrons. The van der Waals surface area contributed by atoms with E-state index in [2.05, 4.69) is 5.32 Å². The number of nitrogens with zero attached hydrogens (tertiary/aromatic N) is 1. The SMILES string of the molecule is CCOc1c(/C(C)=C/C(=O)NCCN(C)C)cc2c(-c3ccc(F)cc3)coc2c1C. The zero-order valence-electron chi connectivity index (χ0n) is 18.7. The monoisotopic (exact) mass is 424 g/mol. The van der Waals surface area contributed by atoms with Crippen molar-refractivity contribution in [2.24, 2.45) is 0 Å². The number of aryl methyl sites for hydroxylation is 1. The summed E-state index contributed by atoms with van der Waals surface area (Å²) in [4.78, 5) is 14.4. The minimum absolute atomic E-state index is 0.148. The van der Waals surface area contributed by atoms with Crippen molar-refractivity contribution in [2.75, 3.05) is 33.8 Å². The molecule has 5 nitrogen and oxygen atoms in total. The molecule has 1 N–H and O–H groups in total. The average molecular weight is 425 g/mol. The van der Waals surface area contributed by atoms with E-state index < -0.39 is 0 Å². The highest BCUT2D eigenvalue weighted by Crippen LogP contribution is 2.40. The summed E-state index contributed by atoms with van der Waals surface area (Å²) in [6, 6.07) is 8.30. The van der Waals surface area contributed by atoms with Gasteiger partial charge in [-0.25, -0.2) is 4.39 Å². The first-order chi connectivity index (χ1) is 14.8. The van der Waals surface area contributed by atoms with Gasteiger partial charge in [0.05, 0.1) is 12.9 Å². The van der Waals surface area contributed by atoms with Crippen LogP contribution in [0.15, 0.2) is 47.1 Å². The van der Waals surface area contributed by atoms with Gasteiger partial charge in [0.15, 0.2) is 0 Å². The average Bonchev–Trinajstić information content (AvgIpc) is 3.14. The number of allylic oxidation sites excluding steroid dienone is 1. The molecule has 3 aromatic rings. The van der Waals surface area contributed by atoms with E-state index in [1.54, 1.807) is 24.5 Å². The summed E-state index contributed by atoms with van der Waals surface area (Å²) in [5.74, 6) is 0.265. The van der Waals surface area contributed by atoms with Crippen molar-refractivity contribution in [3.63, 3.8) is 0 Å². The third-order valence-electron chi connectivity index (χ3n) is 5.12. The lowest BCUT2D eigenvalue weighted by Crippen LogP contribution is -2.30. The van der Waals surface area contributed by atoms with Gasteiger partial charge >= 0.3 is 0 Å². The molecule has 0 unspecified atom stereocenters. The number of carbonyl (C=O) groups excluding carboxylic acids is 1. The van der Waals surface area contributed by atoms with Crippen molar-refractivity contribution in [2.45, 2.75) is 20.8 Å². The Bertz CT molecular complexity index is 1100. The van der Waals surface area contributed by atoms with E-state index in [1.165, 1.54) is 12.1 Å². The molecular weight excluding hydrogens is 395 g/mol. The Kier molecular flexibility index (Phi) is 7.13. The Morgan fingerprint density at radius 1 is 1.26 bits per heavy atom. The molecular formula is C25H29FN2O3. The zero-order chi connectivity index (χ0) is 22.5. The maximum Gasteiger partial charge on any atom is 0.244 e. The van der Waals surface area contributed by atoms with Gasteiger partial charge in [-0.15, -0.1) is 0 Å². The Labute approximate surface area is 182 Å². The first-order valence-electron chi connectivity index (χ1n) is 10.4. The molecule has 0 saturated heterocycles. The third-order valence-corrected chi connectivity index (χ3v) is 5.12. The van der Waals surface area contributed by atoms with Gasteiger partial charge in [-0.05, 0) is 64.2 Å². The van der Waals surface area contributed by atoms with E-state index >= 15 is 0 Å². The minimum atomic E-state index is -0.286. The van der Waals surface area contributed by atoms with Crippen LogP contribution in [0.3, 0.4) is 0 Å². The van der Waals surface area contributed by atoms with Crippen LogP contribution in [-0.4, -0.2) is 44.6 Å². The summed E-state index contributed by atoms with van der Waals surface area (Å²) in [7, 11) is 3.92. The number of hydrogen-bond acceptors (Lipinski definition) is 4. The highest BCUT2D eigenvalue weighted by Gasteiger charge is 2.19. The lowest BCUT2D eigenvalue weighted by atomic mass is 9.96. The first kappa shape index (κ1) is 22.6. The Morgan fingerprint density at radius 2 is 1.97 bits per heavy atom. The fourth-order valence-corrected chi connectivity index (χ4v) is 3.52. The van der Waals surface area contributed by atoms with Crippen LogP contribution in [0.1, 0.15) is 25.0 Å². The van der Waals surface area contributed by atoms with E-state index in [1.807, 2.05) is 45.8 Å². The topological polar surface area (TPSA) is 54.7 Å². The first-order valence-corrected chi connectivity index (χ1v) is 10.4. The predicted molar refractivity (Wildman–Crippen MR) is 123 cm³/mol. The highest BCUT2D eigenvalue weighted by atomic mass is 19.1. The van der Waals surface area contributed by atoms with Gasteiger partial charge in [0.1, 0.15) is 17.1 Å². The molecule has 6 heteroatoms. The van der Waals surface area contributed by atoms with Crippen LogP contribution in [0.5, 0.6) is 5.75 Å². The summed E-state index contributed by atoms with van der Waals surface area (Å²) in [5.41, 5.74) is 4.93. The van der Waals surface area contributed by atoms with Crippen molar-refractivity contribution in [1.82, 2.24) is 10.2 Å². The second-order valence-corrected chi connectivity index (χ2v) is 7.77. The van der Waals surface area contributed by atoms with Gasteiger partial charge in [0.2, 0.25) is 5.91 Å². The summed E-state index contributed by atoms with van der Waals surface area (Å²) in [5, 5.41) is 3.80. The Balaban J connectivity index is 2.05. The molecule has 0 atom stereocenters. The number of hydrogen-bond donors (Lipinski definition) is 1. The van der Waals surface area contributed by atoms with Gasteiger partial charge < -0.3 is 19.4 Å². The molecule has 1 amide bonds. The number of amides is 1. The molecule has 3 rings (SSSR count). The van der Waals surface area contributed by atoms with Crippen molar-refractivity contribution in [3.8, 4) is 16.9 Å². The zero-order valence-corrected chi connectivity index (χ0v) is 18.7.